The number of aliphatic hydroxyl groups excluding tert-OH is 3. The molecule has 36 nitrogen and oxygen atoms in total. The van der Waals surface area contributed by atoms with Crippen LogP contribution >= 0.6 is 0 Å². The van der Waals surface area contributed by atoms with Crippen LogP contribution in [-0.4, -0.2) is 128 Å². The minimum Gasteiger partial charge on any atom is -0.508 e. The predicted molar refractivity (Wildman–Crippen MR) is 535 cm³/mol. The van der Waals surface area contributed by atoms with Crippen molar-refractivity contribution in [2.24, 2.45) is 0 Å². The number of carbonyl (C=O) groups excluding carboxylic acids is 2. The molecule has 19 aromatic rings. The molecule has 1 unspecified atom stereocenters. The fourth-order valence-electron chi connectivity index (χ4n) is 15.1. The number of hydrogen-bond donors (Lipinski definition) is 15. The quantitative estimate of drug-likeness (QED) is 0.0161. The maximum absolute atomic E-state index is 14.1. The second-order valence-corrected chi connectivity index (χ2v) is 32.4. The van der Waals surface area contributed by atoms with Gasteiger partial charge in [-0.25, -0.2) is 9.59 Å². The Bertz CT molecular complexity index is 8390. The topological polar surface area (TPSA) is 552 Å². The lowest BCUT2D eigenvalue weighted by Gasteiger charge is -2.38. The molecule has 1 aliphatic heterocycles. The Hall–Kier alpha value is -20.1. The second-order valence-electron chi connectivity index (χ2n) is 32.4. The molecule has 15 N–H and O–H groups in total. The van der Waals surface area contributed by atoms with Gasteiger partial charge in [0.25, 0.3) is 0 Å². The Morgan fingerprint density at radius 2 is 0.649 bits per heavy atom. The van der Waals surface area contributed by atoms with E-state index in [1.165, 1.54) is 86.8 Å². The molecular weight excluding hydrogens is 1920 g/mol. The van der Waals surface area contributed by atoms with E-state index < -0.39 is 106 Å². The van der Waals surface area contributed by atoms with E-state index in [0.29, 0.717) is 51.4 Å². The number of esters is 1. The van der Waals surface area contributed by atoms with Crippen molar-refractivity contribution >= 4 is 55.9 Å². The highest BCUT2D eigenvalue weighted by Gasteiger charge is 2.44. The molecule has 0 aliphatic carbocycles. The number of amides is 1. The van der Waals surface area contributed by atoms with Crippen LogP contribution in [0, 0.1) is 0 Å². The number of rotatable bonds is 23. The van der Waals surface area contributed by atoms with Gasteiger partial charge in [-0.3, -0.25) is 19.2 Å². The van der Waals surface area contributed by atoms with Crippen LogP contribution in [0.25, 0.3) is 89.2 Å². The minimum absolute atomic E-state index is 0.0137. The lowest BCUT2D eigenvalue weighted by atomic mass is 10.00. The summed E-state index contributed by atoms with van der Waals surface area (Å²) in [4.78, 5) is 78.5. The van der Waals surface area contributed by atoms with E-state index in [2.05, 4.69) is 5.32 Å². The lowest BCUT2D eigenvalue weighted by Crippen LogP contribution is -2.58. The van der Waals surface area contributed by atoms with Crippen LogP contribution in [0.4, 0.5) is 4.79 Å². The van der Waals surface area contributed by atoms with Crippen LogP contribution < -0.4 is 74.4 Å². The van der Waals surface area contributed by atoms with Gasteiger partial charge in [-0.2, -0.15) is 0 Å². The number of para-hydroxylation sites is 7. The Kier molecular flexibility index (Phi) is 29.6. The highest BCUT2D eigenvalue weighted by Crippen LogP contribution is 2.48. The van der Waals surface area contributed by atoms with Crippen molar-refractivity contribution in [1.82, 2.24) is 5.32 Å². The highest BCUT2D eigenvalue weighted by atomic mass is 16.7. The number of hydrogen-bond acceptors (Lipinski definition) is 35. The Morgan fingerprint density at radius 3 is 1.09 bits per heavy atom. The van der Waals surface area contributed by atoms with Gasteiger partial charge in [0.15, 0.2) is 69.0 Å². The largest absolute Gasteiger partial charge is 0.508 e. The number of fused-ring (bicyclic) bond motifs is 4. The summed E-state index contributed by atoms with van der Waals surface area (Å²) in [5, 5.41) is 143. The summed E-state index contributed by atoms with van der Waals surface area (Å²) in [6, 6.07) is 88.1. The molecule has 0 bridgehead atoms. The molecule has 0 saturated carbocycles. The van der Waals surface area contributed by atoms with Gasteiger partial charge in [0, 0.05) is 70.8 Å². The van der Waals surface area contributed by atoms with E-state index >= 15 is 0 Å². The van der Waals surface area contributed by atoms with Crippen molar-refractivity contribution in [3.63, 3.8) is 0 Å². The first kappa shape index (κ1) is 99.5. The van der Waals surface area contributed by atoms with Crippen LogP contribution in [-0.2, 0) is 9.53 Å². The van der Waals surface area contributed by atoms with Crippen molar-refractivity contribution < 1.29 is 151 Å². The third kappa shape index (κ3) is 22.6. The van der Waals surface area contributed by atoms with E-state index in [1.54, 1.807) is 170 Å². The third-order valence-corrected chi connectivity index (χ3v) is 22.2. The molecule has 20 rings (SSSR count). The summed E-state index contributed by atoms with van der Waals surface area (Å²) in [5.74, 6) is -2.56. The van der Waals surface area contributed by atoms with Crippen LogP contribution in [0.2, 0.25) is 0 Å². The summed E-state index contributed by atoms with van der Waals surface area (Å²) in [6.07, 6.45) is -8.30. The molecule has 0 radical (unpaired) electrons. The van der Waals surface area contributed by atoms with Crippen LogP contribution in [0.1, 0.15) is 6.92 Å². The van der Waals surface area contributed by atoms with Gasteiger partial charge < -0.3 is 147 Å². The molecule has 1 saturated heterocycles. The summed E-state index contributed by atoms with van der Waals surface area (Å²) in [5.41, 5.74) is -2.27. The van der Waals surface area contributed by atoms with Crippen molar-refractivity contribution in [1.29, 1.82) is 0 Å². The van der Waals surface area contributed by atoms with E-state index in [-0.39, 0.29) is 159 Å². The van der Waals surface area contributed by atoms with Crippen LogP contribution in [0.5, 0.6) is 155 Å². The molecule has 1 amide bonds. The van der Waals surface area contributed by atoms with E-state index in [4.69, 9.17) is 69.8 Å². The number of aliphatic hydroxyl groups is 3. The Balaban J connectivity index is 0.000000140. The molecular formula is C112H83NO35. The van der Waals surface area contributed by atoms with Crippen LogP contribution in [0.3, 0.4) is 0 Å². The van der Waals surface area contributed by atoms with Crippen molar-refractivity contribution in [2.75, 3.05) is 13.7 Å². The lowest BCUT2D eigenvalue weighted by molar-refractivity contribution is -0.268. The minimum atomic E-state index is -1.74. The molecule has 15 aromatic carbocycles. The maximum Gasteiger partial charge on any atom is 0.413 e. The van der Waals surface area contributed by atoms with Crippen molar-refractivity contribution in [3.05, 3.63) is 375 Å². The van der Waals surface area contributed by atoms with E-state index in [9.17, 15) is 100 Å². The van der Waals surface area contributed by atoms with Crippen molar-refractivity contribution in [3.8, 4) is 201 Å². The summed E-state index contributed by atoms with van der Waals surface area (Å²) < 4.78 is 86.1. The van der Waals surface area contributed by atoms with Gasteiger partial charge in [-0.15, -0.1) is 0 Å². The summed E-state index contributed by atoms with van der Waals surface area (Å²) in [6.45, 7) is 0.957. The van der Waals surface area contributed by atoms with Gasteiger partial charge in [-0.05, 0) is 165 Å². The normalized spacial score (nSPS) is 14.0. The molecule has 4 aromatic heterocycles. The SMILES string of the molecule is COc1ccc(-c2oc3cc(O)cc(O)c3c(=O)c2O)cc1O.C[C@@H]1OC(Oc2c(-c3ccc(O)c(O)c3)oc3cc(O)cc(O)c3c2=O)[C@H](O)[C@H](O)[C@H]1O.O=C(CNC(=O)Oc1ccc(-c2oc3cc(Oc4ccccc4)cc(O)c3c(=O)c2Oc2ccccc2)cc1Oc1ccccc1)Oc1ccccc1.O=c1c(Oc2ccccc2)c(-c2ccc(Oc3ccccc3)c(O)c2)oc2cc(Oc3ccccc3)cc(O)c12. The fraction of sp³-hybridized carbons (Fsp3) is 0.0714. The zero-order valence-electron chi connectivity index (χ0n) is 77.2. The van der Waals surface area contributed by atoms with Gasteiger partial charge in [-0.1, -0.05) is 127 Å². The second kappa shape index (κ2) is 44.0. The highest BCUT2D eigenvalue weighted by molar-refractivity contribution is 5.93. The monoisotopic (exact) mass is 2000 g/mol. The molecule has 36 heteroatoms. The average molecular weight is 2000 g/mol. The first-order chi connectivity index (χ1) is 71.4. The molecule has 5 heterocycles. The zero-order chi connectivity index (χ0) is 104. The smallest absolute Gasteiger partial charge is 0.413 e. The van der Waals surface area contributed by atoms with Crippen LogP contribution in [0.15, 0.2) is 370 Å². The third-order valence-electron chi connectivity index (χ3n) is 22.2. The number of carbonyl (C=O) groups is 2. The summed E-state index contributed by atoms with van der Waals surface area (Å²) in [7, 11) is 1.38. The molecule has 1 aliphatic rings. The number of methoxy groups -OCH3 is 1. The fourth-order valence-corrected chi connectivity index (χ4v) is 15.1. The molecule has 1 fully saturated rings. The molecule has 0 spiro atoms. The number of phenols is 10. The van der Waals surface area contributed by atoms with E-state index in [1.807, 2.05) is 54.6 Å². The number of nitrogens with one attached hydrogen (secondary N) is 1. The number of phenolic OH excluding ortho intramolecular Hbond substituents is 10. The molecule has 746 valence electrons. The standard InChI is InChI=1S/C42H29NO10.C33H22O7.C21H20O11.C16H12O7/c44-33-24-32(48-28-13-5-1-6-14-28)25-36-38(33)39(46)41(51-31-19-11-4-12-20-31)40(52-36)27-21-22-34(35(23-27)49-29-15-7-2-8-16-29)53-42(47)43-26-37(45)50-30-17-9-3-10-18-30;34-26-18-21(16-17-28(26)38-23-12-6-2-7-13-23)32-33(39-24-14-8-3-9-15-24)31(36)30-27(35)19-25(20-29(30)40-32)37-22-10-4-1-5-11-22;1-7-15(26)17(28)18(29)21(30-7)32-20-16(27)14-12(25)5-9(22)6-13(14)31-19(20)8-2-3-10(23)11(24)4-8;1-22-11-3-2-7(4-9(11)18)16-15(21)14(20)13-10(19)5-8(17)6-12(13)23-16/h1-25,44H,26H2,(H,43,47);1-20,34-35H;2-7,15,17-18,21-26,28-29H,1H3;2-6,17-19,21H,1H3/t;;7-,15-,17+,18+,21?;/m..0./s1. The van der Waals surface area contributed by atoms with E-state index in [0.717, 1.165) is 36.4 Å². The molecule has 5 atom stereocenters. The van der Waals surface area contributed by atoms with Gasteiger partial charge in [0.2, 0.25) is 51.0 Å². The Labute approximate surface area is 834 Å². The number of benzene rings is 15. The van der Waals surface area contributed by atoms with Gasteiger partial charge in [0.05, 0.1) is 13.2 Å². The maximum atomic E-state index is 14.1. The number of aromatic hydroxyl groups is 11. The van der Waals surface area contributed by atoms with Gasteiger partial charge in [0.1, 0.15) is 155 Å². The van der Waals surface area contributed by atoms with Crippen molar-refractivity contribution in [2.45, 2.75) is 37.6 Å². The Morgan fingerprint density at radius 1 is 0.297 bits per heavy atom. The number of ether oxygens (including phenoxy) is 11. The first-order valence-electron chi connectivity index (χ1n) is 44.7. The average Bonchev–Trinajstić information content (AvgIpc) is 0.764. The first-order valence-corrected chi connectivity index (χ1v) is 44.7. The molecule has 148 heavy (non-hydrogen) atoms. The zero-order valence-corrected chi connectivity index (χ0v) is 77.2. The van der Waals surface area contributed by atoms with Gasteiger partial charge >= 0.3 is 12.1 Å². The predicted octanol–water partition coefficient (Wildman–Crippen LogP) is 20.3. The summed E-state index contributed by atoms with van der Waals surface area (Å²) >= 11 is 0.